The van der Waals surface area contributed by atoms with Crippen LogP contribution in [0.2, 0.25) is 0 Å². The molecule has 90 valence electrons. The molecule has 0 saturated heterocycles. The summed E-state index contributed by atoms with van der Waals surface area (Å²) in [6.07, 6.45) is 2.64. The number of anilines is 2. The molecule has 1 aromatic heterocycles. The number of aromatic nitrogens is 2. The minimum Gasteiger partial charge on any atom is -0.394 e. The van der Waals surface area contributed by atoms with Crippen LogP contribution < -0.4 is 11.1 Å². The first-order valence-corrected chi connectivity index (χ1v) is 5.70. The minimum atomic E-state index is 0.0174. The number of nitrogens with zero attached hydrogens (tertiary/aromatic N) is 2. The molecule has 0 aromatic carbocycles. The Morgan fingerprint density at radius 3 is 2.75 bits per heavy atom. The van der Waals surface area contributed by atoms with Gasteiger partial charge in [0.05, 0.1) is 12.6 Å². The van der Waals surface area contributed by atoms with E-state index < -0.39 is 0 Å². The summed E-state index contributed by atoms with van der Waals surface area (Å²) in [5.41, 5.74) is 5.69. The van der Waals surface area contributed by atoms with E-state index in [1.165, 1.54) is 0 Å². The van der Waals surface area contributed by atoms with E-state index in [1.54, 1.807) is 6.07 Å². The largest absolute Gasteiger partial charge is 0.394 e. The van der Waals surface area contributed by atoms with Crippen LogP contribution >= 0.6 is 0 Å². The van der Waals surface area contributed by atoms with Crippen LogP contribution in [0.25, 0.3) is 0 Å². The Bertz CT molecular complexity index is 326. The number of nitrogens with two attached hydrogens (primary N) is 1. The number of aliphatic hydroxyl groups excluding tert-OH is 1. The van der Waals surface area contributed by atoms with Crippen LogP contribution in [0.15, 0.2) is 6.07 Å². The molecule has 0 amide bonds. The summed E-state index contributed by atoms with van der Waals surface area (Å²) in [6, 6.07) is 1.71. The first kappa shape index (κ1) is 12.7. The second kappa shape index (κ2) is 6.27. The van der Waals surface area contributed by atoms with Gasteiger partial charge >= 0.3 is 0 Å². The Kier molecular flexibility index (Phi) is 4.98. The van der Waals surface area contributed by atoms with Crippen molar-refractivity contribution in [2.24, 2.45) is 0 Å². The smallest absolute Gasteiger partial charge is 0.133 e. The van der Waals surface area contributed by atoms with Crippen LogP contribution in [0.1, 0.15) is 32.5 Å². The fraction of sp³-hybridized carbons (Fsp3) is 0.636. The Balaban J connectivity index is 2.78. The van der Waals surface area contributed by atoms with Gasteiger partial charge in [-0.15, -0.1) is 0 Å². The second-order valence-corrected chi connectivity index (χ2v) is 3.78. The van der Waals surface area contributed by atoms with E-state index in [1.807, 2.05) is 6.92 Å². The number of nitrogen functional groups attached to an aromatic ring is 1. The predicted molar refractivity (Wildman–Crippen MR) is 65.2 cm³/mol. The van der Waals surface area contributed by atoms with Gasteiger partial charge in [0.1, 0.15) is 17.5 Å². The summed E-state index contributed by atoms with van der Waals surface area (Å²) < 4.78 is 0. The Labute approximate surface area is 96.1 Å². The lowest BCUT2D eigenvalue weighted by atomic mass is 10.2. The maximum absolute atomic E-state index is 9.09. The third-order valence-corrected chi connectivity index (χ3v) is 2.33. The van der Waals surface area contributed by atoms with Gasteiger partial charge in [0.2, 0.25) is 0 Å². The Hall–Kier alpha value is -1.36. The molecule has 1 atom stereocenters. The first-order chi connectivity index (χ1) is 7.69. The van der Waals surface area contributed by atoms with Crippen molar-refractivity contribution in [1.82, 2.24) is 9.97 Å². The average molecular weight is 224 g/mol. The number of hydrogen-bond acceptors (Lipinski definition) is 5. The van der Waals surface area contributed by atoms with Crippen LogP contribution in [0.5, 0.6) is 0 Å². The molecular formula is C11H20N4O. The summed E-state index contributed by atoms with van der Waals surface area (Å²) in [4.78, 5) is 8.49. The highest BCUT2D eigenvalue weighted by Crippen LogP contribution is 2.11. The van der Waals surface area contributed by atoms with Crippen molar-refractivity contribution < 1.29 is 5.11 Å². The van der Waals surface area contributed by atoms with E-state index in [-0.39, 0.29) is 12.6 Å². The van der Waals surface area contributed by atoms with Crippen LogP contribution in [0, 0.1) is 0 Å². The van der Waals surface area contributed by atoms with Crippen molar-refractivity contribution in [2.45, 2.75) is 39.2 Å². The van der Waals surface area contributed by atoms with E-state index in [2.05, 4.69) is 22.2 Å². The predicted octanol–water partition coefficient (Wildman–Crippen LogP) is 1.19. The average Bonchev–Trinajstić information content (AvgIpc) is 2.25. The molecule has 5 nitrogen and oxygen atoms in total. The van der Waals surface area contributed by atoms with E-state index in [9.17, 15) is 0 Å². The summed E-state index contributed by atoms with van der Waals surface area (Å²) in [5, 5.41) is 12.2. The fourth-order valence-electron chi connectivity index (χ4n) is 1.41. The van der Waals surface area contributed by atoms with Gasteiger partial charge in [-0.1, -0.05) is 13.8 Å². The highest BCUT2D eigenvalue weighted by molar-refractivity contribution is 5.45. The molecule has 1 heterocycles. The van der Waals surface area contributed by atoms with Crippen molar-refractivity contribution >= 4 is 11.6 Å². The van der Waals surface area contributed by atoms with E-state index >= 15 is 0 Å². The molecule has 1 rings (SSSR count). The standard InChI is InChI=1S/C11H20N4O/c1-3-5-10-14-9(12)6-11(15-10)13-8(4-2)7-16/h6,8,16H,3-5,7H2,1-2H3,(H3,12,13,14,15). The van der Waals surface area contributed by atoms with Gasteiger partial charge in [0.25, 0.3) is 0 Å². The quantitative estimate of drug-likeness (QED) is 0.676. The maximum Gasteiger partial charge on any atom is 0.133 e. The van der Waals surface area contributed by atoms with Crippen molar-refractivity contribution in [3.8, 4) is 0 Å². The lowest BCUT2D eigenvalue weighted by molar-refractivity contribution is 0.271. The normalized spacial score (nSPS) is 12.4. The van der Waals surface area contributed by atoms with Gasteiger partial charge in [-0.05, 0) is 12.8 Å². The maximum atomic E-state index is 9.09. The SMILES string of the molecule is CCCc1nc(N)cc(NC(CC)CO)n1. The molecule has 16 heavy (non-hydrogen) atoms. The van der Waals surface area contributed by atoms with Gasteiger partial charge in [-0.2, -0.15) is 0 Å². The molecule has 0 bridgehead atoms. The van der Waals surface area contributed by atoms with Crippen molar-refractivity contribution in [1.29, 1.82) is 0 Å². The third kappa shape index (κ3) is 3.66. The zero-order valence-corrected chi connectivity index (χ0v) is 9.90. The zero-order valence-electron chi connectivity index (χ0n) is 9.90. The molecule has 0 spiro atoms. The zero-order chi connectivity index (χ0) is 12.0. The molecule has 0 aliphatic carbocycles. The Morgan fingerprint density at radius 2 is 2.19 bits per heavy atom. The highest BCUT2D eigenvalue weighted by Gasteiger charge is 2.07. The van der Waals surface area contributed by atoms with Crippen molar-refractivity contribution in [2.75, 3.05) is 17.7 Å². The monoisotopic (exact) mass is 224 g/mol. The number of aliphatic hydroxyl groups is 1. The van der Waals surface area contributed by atoms with Gasteiger partial charge in [-0.3, -0.25) is 0 Å². The van der Waals surface area contributed by atoms with Crippen molar-refractivity contribution in [3.63, 3.8) is 0 Å². The molecular weight excluding hydrogens is 204 g/mol. The van der Waals surface area contributed by atoms with Gasteiger partial charge in [0.15, 0.2) is 0 Å². The highest BCUT2D eigenvalue weighted by atomic mass is 16.3. The topological polar surface area (TPSA) is 84.1 Å². The lowest BCUT2D eigenvalue weighted by Crippen LogP contribution is -2.23. The van der Waals surface area contributed by atoms with Gasteiger partial charge < -0.3 is 16.2 Å². The number of nitrogens with one attached hydrogen (secondary N) is 1. The fourth-order valence-corrected chi connectivity index (χ4v) is 1.41. The molecule has 0 saturated carbocycles. The van der Waals surface area contributed by atoms with E-state index in [0.29, 0.717) is 11.6 Å². The van der Waals surface area contributed by atoms with Crippen LogP contribution in [0.3, 0.4) is 0 Å². The molecule has 0 fully saturated rings. The second-order valence-electron chi connectivity index (χ2n) is 3.78. The van der Waals surface area contributed by atoms with Gasteiger partial charge in [0, 0.05) is 12.5 Å². The molecule has 0 radical (unpaired) electrons. The van der Waals surface area contributed by atoms with Crippen LogP contribution in [-0.2, 0) is 6.42 Å². The summed E-state index contributed by atoms with van der Waals surface area (Å²) in [7, 11) is 0. The first-order valence-electron chi connectivity index (χ1n) is 5.70. The van der Waals surface area contributed by atoms with E-state index in [4.69, 9.17) is 10.8 Å². The molecule has 1 aromatic rings. The summed E-state index contributed by atoms with van der Waals surface area (Å²) in [6.45, 7) is 4.16. The third-order valence-electron chi connectivity index (χ3n) is 2.33. The van der Waals surface area contributed by atoms with Crippen LogP contribution in [-0.4, -0.2) is 27.7 Å². The molecule has 0 aliphatic heterocycles. The number of aryl methyl sites for hydroxylation is 1. The lowest BCUT2D eigenvalue weighted by Gasteiger charge is -2.15. The molecule has 0 aliphatic rings. The summed E-state index contributed by atoms with van der Waals surface area (Å²) >= 11 is 0. The molecule has 4 N–H and O–H groups in total. The van der Waals surface area contributed by atoms with E-state index in [0.717, 1.165) is 25.1 Å². The van der Waals surface area contributed by atoms with Crippen LogP contribution in [0.4, 0.5) is 11.6 Å². The van der Waals surface area contributed by atoms with Crippen molar-refractivity contribution in [3.05, 3.63) is 11.9 Å². The number of rotatable bonds is 6. The molecule has 5 heteroatoms. The Morgan fingerprint density at radius 1 is 1.44 bits per heavy atom. The molecule has 1 unspecified atom stereocenters. The minimum absolute atomic E-state index is 0.0174. The van der Waals surface area contributed by atoms with Gasteiger partial charge in [-0.25, -0.2) is 9.97 Å². The number of hydrogen-bond donors (Lipinski definition) is 3. The summed E-state index contributed by atoms with van der Waals surface area (Å²) in [5.74, 6) is 1.91.